The Labute approximate surface area is 192 Å². The number of rotatable bonds is 4. The summed E-state index contributed by atoms with van der Waals surface area (Å²) in [5, 5.41) is 3.98. The summed E-state index contributed by atoms with van der Waals surface area (Å²) in [5.41, 5.74) is 2.06. The lowest BCUT2D eigenvalue weighted by atomic mass is 10.2. The average molecular weight is 449 g/mol. The maximum atomic E-state index is 13.0. The zero-order valence-corrected chi connectivity index (χ0v) is 19.0. The molecule has 10 heteroatoms. The van der Waals surface area contributed by atoms with Gasteiger partial charge in [-0.15, -0.1) is 0 Å². The quantitative estimate of drug-likeness (QED) is 0.589. The third-order valence-corrected chi connectivity index (χ3v) is 6.18. The van der Waals surface area contributed by atoms with E-state index in [1.54, 1.807) is 23.4 Å². The van der Waals surface area contributed by atoms with Crippen LogP contribution in [-0.2, 0) is 0 Å². The predicted molar refractivity (Wildman–Crippen MR) is 124 cm³/mol. The molecule has 172 valence electrons. The fraction of sp³-hybridized carbons (Fsp3) is 0.435. The van der Waals surface area contributed by atoms with Crippen molar-refractivity contribution in [3.63, 3.8) is 0 Å². The van der Waals surface area contributed by atoms with E-state index in [0.29, 0.717) is 37.6 Å². The molecule has 0 unspecified atom stereocenters. The Morgan fingerprint density at radius 2 is 1.73 bits per heavy atom. The first kappa shape index (κ1) is 21.3. The van der Waals surface area contributed by atoms with Crippen LogP contribution in [0.15, 0.2) is 41.2 Å². The molecule has 0 aromatic carbocycles. The molecule has 3 aromatic rings. The molecule has 0 atom stereocenters. The first-order valence-electron chi connectivity index (χ1n) is 11.3. The van der Waals surface area contributed by atoms with Crippen LogP contribution in [0.1, 0.15) is 16.2 Å². The van der Waals surface area contributed by atoms with Gasteiger partial charge in [0.05, 0.1) is 0 Å². The molecule has 0 aliphatic carbocycles. The summed E-state index contributed by atoms with van der Waals surface area (Å²) in [4.78, 5) is 35.2. The van der Waals surface area contributed by atoms with Gasteiger partial charge < -0.3 is 24.1 Å². The largest absolute Gasteiger partial charge is 0.355 e. The summed E-state index contributed by atoms with van der Waals surface area (Å²) in [7, 11) is 2.15. The molecule has 1 amide bonds. The van der Waals surface area contributed by atoms with Crippen LogP contribution < -0.4 is 9.80 Å². The molecule has 0 bridgehead atoms. The van der Waals surface area contributed by atoms with Gasteiger partial charge in [-0.25, -0.2) is 4.98 Å². The number of carbonyl (C=O) groups excluding carboxylic acids is 1. The van der Waals surface area contributed by atoms with Crippen LogP contribution in [0.2, 0.25) is 0 Å². The first-order valence-corrected chi connectivity index (χ1v) is 11.3. The summed E-state index contributed by atoms with van der Waals surface area (Å²) in [6, 6.07) is 7.43. The van der Waals surface area contributed by atoms with E-state index in [9.17, 15) is 4.79 Å². The minimum absolute atomic E-state index is 0.128. The molecule has 0 radical (unpaired) electrons. The number of carbonyl (C=O) groups is 1. The molecule has 2 aliphatic heterocycles. The van der Waals surface area contributed by atoms with E-state index in [4.69, 9.17) is 9.51 Å². The molecule has 3 aromatic heterocycles. The van der Waals surface area contributed by atoms with E-state index in [1.807, 2.05) is 19.1 Å². The third kappa shape index (κ3) is 4.65. The first-order chi connectivity index (χ1) is 16.1. The Bertz CT molecular complexity index is 1100. The molecule has 33 heavy (non-hydrogen) atoms. The Kier molecular flexibility index (Phi) is 5.91. The van der Waals surface area contributed by atoms with Gasteiger partial charge in [-0.3, -0.25) is 9.78 Å². The second-order valence-corrected chi connectivity index (χ2v) is 8.56. The Morgan fingerprint density at radius 1 is 0.970 bits per heavy atom. The SMILES string of the molecule is Cc1cc(N2CCN(C)CC2)nc(N2CCN(C(=O)c3cc(-c4cccnc4)on3)CC2)n1. The Morgan fingerprint density at radius 3 is 2.45 bits per heavy atom. The highest BCUT2D eigenvalue weighted by Crippen LogP contribution is 2.22. The van der Waals surface area contributed by atoms with Crippen LogP contribution in [0.25, 0.3) is 11.3 Å². The number of anilines is 2. The summed E-state index contributed by atoms with van der Waals surface area (Å²) in [6.45, 7) is 8.50. The molecule has 5 heterocycles. The number of hydrogen-bond donors (Lipinski definition) is 0. The van der Waals surface area contributed by atoms with Crippen molar-refractivity contribution in [3.05, 3.63) is 48.0 Å². The van der Waals surface area contributed by atoms with Crippen LogP contribution in [0.4, 0.5) is 11.8 Å². The van der Waals surface area contributed by atoms with E-state index in [2.05, 4.69) is 42.9 Å². The van der Waals surface area contributed by atoms with Gasteiger partial charge in [0.15, 0.2) is 11.5 Å². The maximum absolute atomic E-state index is 13.0. The molecular formula is C23H28N8O2. The lowest BCUT2D eigenvalue weighted by molar-refractivity contribution is 0.0736. The molecule has 0 spiro atoms. The summed E-state index contributed by atoms with van der Waals surface area (Å²) in [5.74, 6) is 2.12. The lowest BCUT2D eigenvalue weighted by Crippen LogP contribution is -2.49. The van der Waals surface area contributed by atoms with Gasteiger partial charge >= 0.3 is 0 Å². The van der Waals surface area contributed by atoms with Gasteiger partial charge in [-0.2, -0.15) is 4.98 Å². The third-order valence-electron chi connectivity index (χ3n) is 6.18. The highest BCUT2D eigenvalue weighted by molar-refractivity contribution is 5.93. The van der Waals surface area contributed by atoms with Crippen LogP contribution in [0.5, 0.6) is 0 Å². The van der Waals surface area contributed by atoms with Crippen LogP contribution in [0.3, 0.4) is 0 Å². The van der Waals surface area contributed by atoms with Crippen molar-refractivity contribution in [1.82, 2.24) is 29.9 Å². The van der Waals surface area contributed by atoms with Crippen LogP contribution in [-0.4, -0.2) is 95.2 Å². The van der Waals surface area contributed by atoms with E-state index >= 15 is 0 Å². The summed E-state index contributed by atoms with van der Waals surface area (Å²) in [6.07, 6.45) is 3.38. The van der Waals surface area contributed by atoms with Crippen molar-refractivity contribution in [2.24, 2.45) is 0 Å². The Balaban J connectivity index is 1.23. The van der Waals surface area contributed by atoms with Gasteiger partial charge in [0, 0.05) is 88.1 Å². The van der Waals surface area contributed by atoms with Gasteiger partial charge in [-0.05, 0) is 26.1 Å². The number of hydrogen-bond acceptors (Lipinski definition) is 9. The van der Waals surface area contributed by atoms with Gasteiger partial charge in [0.25, 0.3) is 5.91 Å². The monoisotopic (exact) mass is 448 g/mol. The van der Waals surface area contributed by atoms with Crippen molar-refractivity contribution in [3.8, 4) is 11.3 Å². The average Bonchev–Trinajstić information content (AvgIpc) is 3.35. The zero-order valence-electron chi connectivity index (χ0n) is 19.0. The van der Waals surface area contributed by atoms with E-state index < -0.39 is 0 Å². The lowest BCUT2D eigenvalue weighted by Gasteiger charge is -2.36. The van der Waals surface area contributed by atoms with Crippen molar-refractivity contribution >= 4 is 17.7 Å². The zero-order chi connectivity index (χ0) is 22.8. The van der Waals surface area contributed by atoms with Crippen molar-refractivity contribution < 1.29 is 9.32 Å². The fourth-order valence-corrected chi connectivity index (χ4v) is 4.17. The van der Waals surface area contributed by atoms with E-state index in [-0.39, 0.29) is 5.91 Å². The number of piperazine rings is 2. The topological polar surface area (TPSA) is 94.7 Å². The molecule has 2 aliphatic rings. The molecule has 10 nitrogen and oxygen atoms in total. The van der Waals surface area contributed by atoms with Crippen LogP contribution in [0, 0.1) is 6.92 Å². The van der Waals surface area contributed by atoms with Crippen molar-refractivity contribution in [1.29, 1.82) is 0 Å². The Hall–Kier alpha value is -3.53. The summed E-state index contributed by atoms with van der Waals surface area (Å²) >= 11 is 0. The highest BCUT2D eigenvalue weighted by atomic mass is 16.5. The normalized spacial score (nSPS) is 17.5. The maximum Gasteiger partial charge on any atom is 0.276 e. The number of aromatic nitrogens is 4. The number of nitrogens with zero attached hydrogens (tertiary/aromatic N) is 8. The standard InChI is InChI=1S/C23H28N8O2/c1-17-14-21(29-8-6-28(2)7-9-29)26-23(25-17)31-12-10-30(11-13-31)22(32)19-15-20(33-27-19)18-4-3-5-24-16-18/h3-5,14-16H,6-13H2,1-2H3. The number of amides is 1. The minimum Gasteiger partial charge on any atom is -0.355 e. The molecular weight excluding hydrogens is 420 g/mol. The molecule has 0 N–H and O–H groups in total. The second kappa shape index (κ2) is 9.14. The van der Waals surface area contributed by atoms with Gasteiger partial charge in [0.1, 0.15) is 5.82 Å². The molecule has 2 saturated heterocycles. The van der Waals surface area contributed by atoms with Crippen molar-refractivity contribution in [2.45, 2.75) is 6.92 Å². The van der Waals surface area contributed by atoms with Gasteiger partial charge in [0.2, 0.25) is 5.95 Å². The number of aryl methyl sites for hydroxylation is 1. The highest BCUT2D eigenvalue weighted by Gasteiger charge is 2.27. The predicted octanol–water partition coefficient (Wildman–Crippen LogP) is 1.55. The van der Waals surface area contributed by atoms with Gasteiger partial charge in [-0.1, -0.05) is 5.16 Å². The molecule has 2 fully saturated rings. The number of pyridine rings is 1. The molecule has 0 saturated carbocycles. The second-order valence-electron chi connectivity index (χ2n) is 8.56. The summed E-state index contributed by atoms with van der Waals surface area (Å²) < 4.78 is 5.37. The van der Waals surface area contributed by atoms with Crippen LogP contribution >= 0.6 is 0 Å². The fourth-order valence-electron chi connectivity index (χ4n) is 4.17. The minimum atomic E-state index is -0.128. The van der Waals surface area contributed by atoms with E-state index in [1.165, 1.54) is 0 Å². The smallest absolute Gasteiger partial charge is 0.276 e. The number of likely N-dealkylation sites (N-methyl/N-ethyl adjacent to an activating group) is 1. The molecule has 5 rings (SSSR count). The van der Waals surface area contributed by atoms with E-state index in [0.717, 1.165) is 49.2 Å². The van der Waals surface area contributed by atoms with Crippen molar-refractivity contribution in [2.75, 3.05) is 69.2 Å².